The first kappa shape index (κ1) is 15.9. The van der Waals surface area contributed by atoms with Gasteiger partial charge in [0.25, 0.3) is 0 Å². The maximum absolute atomic E-state index is 13.9. The number of carbonyl (C=O) groups is 1. The van der Waals surface area contributed by atoms with Gasteiger partial charge in [-0.1, -0.05) is 29.8 Å². The predicted octanol–water partition coefficient (Wildman–Crippen LogP) is 4.52. The van der Waals surface area contributed by atoms with Crippen LogP contribution in [-0.2, 0) is 11.2 Å². The Labute approximate surface area is 138 Å². The van der Waals surface area contributed by atoms with E-state index in [4.69, 9.17) is 11.6 Å². The highest BCUT2D eigenvalue weighted by atomic mass is 35.5. The summed E-state index contributed by atoms with van der Waals surface area (Å²) in [5, 5.41) is 0.250. The van der Waals surface area contributed by atoms with Gasteiger partial charge in [-0.05, 0) is 42.7 Å². The van der Waals surface area contributed by atoms with Crippen LogP contribution in [0.15, 0.2) is 42.5 Å². The second kappa shape index (κ2) is 6.67. The average molecular weight is 336 g/mol. The fraction of sp³-hybridized carbons (Fsp3) is 0.278. The topological polar surface area (TPSA) is 20.3 Å². The molecule has 1 fully saturated rings. The molecule has 5 heteroatoms. The summed E-state index contributed by atoms with van der Waals surface area (Å²) in [4.78, 5) is 14.3. The minimum absolute atomic E-state index is 0.0860. The van der Waals surface area contributed by atoms with Crippen LogP contribution in [-0.4, -0.2) is 17.4 Å². The highest BCUT2D eigenvalue weighted by Crippen LogP contribution is 2.33. The molecule has 1 amide bonds. The van der Waals surface area contributed by atoms with Crippen LogP contribution in [0.5, 0.6) is 0 Å². The largest absolute Gasteiger partial charge is 0.335 e. The number of likely N-dealkylation sites (tertiary alicyclic amines) is 1. The van der Waals surface area contributed by atoms with E-state index >= 15 is 0 Å². The number of hydrogen-bond donors (Lipinski definition) is 0. The van der Waals surface area contributed by atoms with Crippen molar-refractivity contribution in [3.63, 3.8) is 0 Å². The molecule has 2 nitrogen and oxygen atoms in total. The van der Waals surface area contributed by atoms with E-state index in [0.717, 1.165) is 18.4 Å². The smallest absolute Gasteiger partial charge is 0.227 e. The zero-order valence-corrected chi connectivity index (χ0v) is 13.2. The molecule has 1 heterocycles. The Morgan fingerprint density at radius 2 is 2.00 bits per heavy atom. The number of carbonyl (C=O) groups excluding carboxylic acids is 1. The van der Waals surface area contributed by atoms with E-state index in [9.17, 15) is 13.6 Å². The van der Waals surface area contributed by atoms with Gasteiger partial charge in [0, 0.05) is 17.1 Å². The number of halogens is 3. The van der Waals surface area contributed by atoms with Gasteiger partial charge in [0.1, 0.15) is 11.6 Å². The molecule has 0 N–H and O–H groups in total. The molecule has 2 aromatic carbocycles. The van der Waals surface area contributed by atoms with Crippen molar-refractivity contribution in [3.8, 4) is 0 Å². The maximum atomic E-state index is 13.9. The van der Waals surface area contributed by atoms with Crippen molar-refractivity contribution in [2.24, 2.45) is 0 Å². The van der Waals surface area contributed by atoms with Crippen molar-refractivity contribution in [3.05, 3.63) is 70.2 Å². The third-order valence-corrected chi connectivity index (χ3v) is 4.55. The van der Waals surface area contributed by atoms with Gasteiger partial charge in [-0.3, -0.25) is 4.79 Å². The number of rotatable bonds is 3. The van der Waals surface area contributed by atoms with Crippen LogP contribution >= 0.6 is 11.6 Å². The highest BCUT2D eigenvalue weighted by molar-refractivity contribution is 6.31. The van der Waals surface area contributed by atoms with Crippen molar-refractivity contribution < 1.29 is 13.6 Å². The molecule has 0 spiro atoms. The lowest BCUT2D eigenvalue weighted by atomic mass is 10.0. The second-order valence-corrected chi connectivity index (χ2v) is 6.08. The van der Waals surface area contributed by atoms with E-state index < -0.39 is 5.82 Å². The van der Waals surface area contributed by atoms with Gasteiger partial charge in [0.2, 0.25) is 5.91 Å². The highest BCUT2D eigenvalue weighted by Gasteiger charge is 2.30. The fourth-order valence-corrected chi connectivity index (χ4v) is 3.31. The normalized spacial score (nSPS) is 17.5. The van der Waals surface area contributed by atoms with Gasteiger partial charge in [-0.2, -0.15) is 0 Å². The number of nitrogens with zero attached hydrogens (tertiary/aromatic N) is 1. The lowest BCUT2D eigenvalue weighted by molar-refractivity contribution is -0.131. The Balaban J connectivity index is 1.81. The summed E-state index contributed by atoms with van der Waals surface area (Å²) in [6.45, 7) is 0.589. The first-order valence-electron chi connectivity index (χ1n) is 7.54. The lowest BCUT2D eigenvalue weighted by Gasteiger charge is -2.25. The number of benzene rings is 2. The summed E-state index contributed by atoms with van der Waals surface area (Å²) in [5.41, 5.74) is 0.986. The monoisotopic (exact) mass is 335 g/mol. The minimum Gasteiger partial charge on any atom is -0.335 e. The molecular weight excluding hydrogens is 320 g/mol. The van der Waals surface area contributed by atoms with Gasteiger partial charge in [0.15, 0.2) is 0 Å². The Morgan fingerprint density at radius 1 is 1.22 bits per heavy atom. The van der Waals surface area contributed by atoms with E-state index in [2.05, 4.69) is 0 Å². The van der Waals surface area contributed by atoms with Crippen LogP contribution in [0.3, 0.4) is 0 Å². The molecule has 120 valence electrons. The van der Waals surface area contributed by atoms with E-state index in [0.29, 0.717) is 6.54 Å². The fourth-order valence-electron chi connectivity index (χ4n) is 3.08. The SMILES string of the molecule is O=C(Cc1c(F)cccc1Cl)N1CCCC1c1cccc(F)c1. The lowest BCUT2D eigenvalue weighted by Crippen LogP contribution is -2.32. The first-order valence-corrected chi connectivity index (χ1v) is 7.92. The predicted molar refractivity (Wildman–Crippen MR) is 85.2 cm³/mol. The molecule has 23 heavy (non-hydrogen) atoms. The van der Waals surface area contributed by atoms with Crippen molar-refractivity contribution in [2.45, 2.75) is 25.3 Å². The Kier molecular flexibility index (Phi) is 4.62. The van der Waals surface area contributed by atoms with E-state index in [1.165, 1.54) is 24.3 Å². The van der Waals surface area contributed by atoms with Crippen molar-refractivity contribution >= 4 is 17.5 Å². The third kappa shape index (κ3) is 3.37. The van der Waals surface area contributed by atoms with Crippen LogP contribution in [0.4, 0.5) is 8.78 Å². The summed E-state index contributed by atoms with van der Waals surface area (Å²) in [7, 11) is 0. The van der Waals surface area contributed by atoms with Crippen LogP contribution in [0, 0.1) is 11.6 Å². The summed E-state index contributed by atoms with van der Waals surface area (Å²) >= 11 is 5.99. The summed E-state index contributed by atoms with van der Waals surface area (Å²) in [6, 6.07) is 10.5. The average Bonchev–Trinajstić information content (AvgIpc) is 3.00. The molecule has 0 saturated carbocycles. The molecule has 0 bridgehead atoms. The minimum atomic E-state index is -0.479. The third-order valence-electron chi connectivity index (χ3n) is 4.20. The van der Waals surface area contributed by atoms with Crippen LogP contribution < -0.4 is 0 Å². The first-order chi connectivity index (χ1) is 11.1. The van der Waals surface area contributed by atoms with Gasteiger partial charge < -0.3 is 4.90 Å². The maximum Gasteiger partial charge on any atom is 0.227 e. The molecule has 0 aromatic heterocycles. The number of amides is 1. The Morgan fingerprint density at radius 3 is 2.74 bits per heavy atom. The van der Waals surface area contributed by atoms with Crippen LogP contribution in [0.25, 0.3) is 0 Å². The van der Waals surface area contributed by atoms with E-state index in [1.54, 1.807) is 17.0 Å². The van der Waals surface area contributed by atoms with Crippen molar-refractivity contribution in [2.75, 3.05) is 6.54 Å². The molecule has 1 aliphatic rings. The van der Waals surface area contributed by atoms with Gasteiger partial charge in [-0.25, -0.2) is 8.78 Å². The molecule has 1 atom stereocenters. The zero-order chi connectivity index (χ0) is 16.4. The van der Waals surface area contributed by atoms with Crippen LogP contribution in [0.1, 0.15) is 30.0 Å². The van der Waals surface area contributed by atoms with Crippen molar-refractivity contribution in [1.82, 2.24) is 4.90 Å². The summed E-state index contributed by atoms with van der Waals surface area (Å²) < 4.78 is 27.3. The standard InChI is InChI=1S/C18H16ClF2NO/c19-15-6-2-7-16(21)14(15)11-18(23)22-9-3-8-17(22)12-4-1-5-13(20)10-12/h1-2,4-7,10,17H,3,8-9,11H2. The molecular formula is C18H16ClF2NO. The molecule has 1 unspecified atom stereocenters. The summed E-state index contributed by atoms with van der Waals surface area (Å²) in [6.07, 6.45) is 1.54. The Hall–Kier alpha value is -1.94. The van der Waals surface area contributed by atoms with E-state index in [-0.39, 0.29) is 34.8 Å². The Bertz CT molecular complexity index is 714. The van der Waals surface area contributed by atoms with Crippen molar-refractivity contribution in [1.29, 1.82) is 0 Å². The van der Waals surface area contributed by atoms with Crippen LogP contribution in [0.2, 0.25) is 5.02 Å². The van der Waals surface area contributed by atoms with Gasteiger partial charge in [0.05, 0.1) is 12.5 Å². The number of hydrogen-bond acceptors (Lipinski definition) is 1. The summed E-state index contributed by atoms with van der Waals surface area (Å²) in [5.74, 6) is -0.991. The molecule has 1 saturated heterocycles. The quantitative estimate of drug-likeness (QED) is 0.807. The van der Waals surface area contributed by atoms with Gasteiger partial charge in [-0.15, -0.1) is 0 Å². The second-order valence-electron chi connectivity index (χ2n) is 5.68. The molecule has 2 aromatic rings. The molecule has 1 aliphatic heterocycles. The molecule has 0 aliphatic carbocycles. The van der Waals surface area contributed by atoms with E-state index in [1.807, 2.05) is 6.07 Å². The molecule has 3 rings (SSSR count). The van der Waals surface area contributed by atoms with Gasteiger partial charge >= 0.3 is 0 Å². The molecule has 0 radical (unpaired) electrons. The zero-order valence-electron chi connectivity index (χ0n) is 12.4.